The lowest BCUT2D eigenvalue weighted by Gasteiger charge is -2.06. The summed E-state index contributed by atoms with van der Waals surface area (Å²) in [6.45, 7) is 0.779. The van der Waals surface area contributed by atoms with Crippen molar-refractivity contribution < 1.29 is 4.74 Å². The molecule has 0 spiro atoms. The van der Waals surface area contributed by atoms with Crippen LogP contribution >= 0.6 is 11.8 Å². The normalized spacial score (nSPS) is 10.3. The van der Waals surface area contributed by atoms with E-state index in [1.54, 1.807) is 0 Å². The molecule has 0 heterocycles. The molecule has 0 aliphatic carbocycles. The van der Waals surface area contributed by atoms with Crippen molar-refractivity contribution in [1.82, 2.24) is 0 Å². The largest absolute Gasteiger partial charge is 0.494 e. The van der Waals surface area contributed by atoms with Gasteiger partial charge in [0, 0.05) is 10.6 Å². The molecule has 100 valence electrons. The minimum atomic E-state index is 0.779. The molecule has 3 heteroatoms. The molecule has 0 saturated carbocycles. The summed E-state index contributed by atoms with van der Waals surface area (Å²) in [5, 5.41) is 0. The van der Waals surface area contributed by atoms with Crippen molar-refractivity contribution in [3.63, 3.8) is 0 Å². The van der Waals surface area contributed by atoms with E-state index in [9.17, 15) is 0 Å². The maximum Gasteiger partial charge on any atom is 0.119 e. The number of thioether (sulfide) groups is 1. The Morgan fingerprint density at radius 3 is 2.58 bits per heavy atom. The molecule has 2 rings (SSSR count). The molecule has 19 heavy (non-hydrogen) atoms. The number of hydrogen-bond donors (Lipinski definition) is 1. The van der Waals surface area contributed by atoms with Crippen LogP contribution in [0, 0.1) is 0 Å². The summed E-state index contributed by atoms with van der Waals surface area (Å²) in [7, 11) is 0. The highest BCUT2D eigenvalue weighted by Gasteiger charge is 1.96. The lowest BCUT2D eigenvalue weighted by molar-refractivity contribution is 0.310. The first-order chi connectivity index (χ1) is 9.34. The Kier molecular flexibility index (Phi) is 5.63. The summed E-state index contributed by atoms with van der Waals surface area (Å²) in [5.74, 6) is 2.05. The zero-order valence-electron chi connectivity index (χ0n) is 10.9. The number of anilines is 1. The highest BCUT2D eigenvalue weighted by molar-refractivity contribution is 7.99. The number of rotatable bonds is 7. The molecule has 0 bridgehead atoms. The number of para-hydroxylation sites is 1. The second kappa shape index (κ2) is 7.74. The predicted octanol–water partition coefficient (Wildman–Crippen LogP) is 4.22. The fourth-order valence-corrected chi connectivity index (χ4v) is 2.68. The Balaban J connectivity index is 1.58. The Morgan fingerprint density at radius 1 is 0.947 bits per heavy atom. The van der Waals surface area contributed by atoms with Crippen LogP contribution in [0.15, 0.2) is 59.5 Å². The van der Waals surface area contributed by atoms with Gasteiger partial charge in [0.25, 0.3) is 0 Å². The molecule has 0 amide bonds. The third-order valence-electron chi connectivity index (χ3n) is 2.68. The number of nitrogens with two attached hydrogens (primary N) is 1. The predicted molar refractivity (Wildman–Crippen MR) is 82.7 cm³/mol. The molecule has 2 nitrogen and oxygen atoms in total. The van der Waals surface area contributed by atoms with Crippen molar-refractivity contribution in [2.75, 3.05) is 18.1 Å². The number of benzene rings is 2. The Bertz CT molecular complexity index is 487. The second-order valence-corrected chi connectivity index (χ2v) is 5.46. The van der Waals surface area contributed by atoms with Crippen LogP contribution in [0.4, 0.5) is 5.69 Å². The zero-order chi connectivity index (χ0) is 13.3. The van der Waals surface area contributed by atoms with Gasteiger partial charge in [-0.15, -0.1) is 11.8 Å². The maximum absolute atomic E-state index is 5.74. The van der Waals surface area contributed by atoms with Crippen molar-refractivity contribution in [2.24, 2.45) is 0 Å². The first-order valence-electron chi connectivity index (χ1n) is 6.51. The SMILES string of the molecule is Nc1cccc(SCCCCOc2ccccc2)c1. The highest BCUT2D eigenvalue weighted by atomic mass is 32.2. The molecular formula is C16H19NOS. The molecule has 0 unspecified atom stereocenters. The monoisotopic (exact) mass is 273 g/mol. The van der Waals surface area contributed by atoms with E-state index in [0.29, 0.717) is 0 Å². The van der Waals surface area contributed by atoms with E-state index < -0.39 is 0 Å². The third-order valence-corrected chi connectivity index (χ3v) is 3.76. The fourth-order valence-electron chi connectivity index (χ4n) is 1.71. The van der Waals surface area contributed by atoms with E-state index in [4.69, 9.17) is 10.5 Å². The van der Waals surface area contributed by atoms with E-state index >= 15 is 0 Å². The summed E-state index contributed by atoms with van der Waals surface area (Å²) in [4.78, 5) is 1.24. The lowest BCUT2D eigenvalue weighted by Crippen LogP contribution is -1.97. The fraction of sp³-hybridized carbons (Fsp3) is 0.250. The van der Waals surface area contributed by atoms with Gasteiger partial charge in [-0.2, -0.15) is 0 Å². The van der Waals surface area contributed by atoms with Crippen LogP contribution < -0.4 is 10.5 Å². The van der Waals surface area contributed by atoms with E-state index in [2.05, 4.69) is 6.07 Å². The number of hydrogen-bond acceptors (Lipinski definition) is 3. The minimum Gasteiger partial charge on any atom is -0.494 e. The van der Waals surface area contributed by atoms with Gasteiger partial charge in [-0.1, -0.05) is 24.3 Å². The summed E-state index contributed by atoms with van der Waals surface area (Å²) >= 11 is 1.85. The van der Waals surface area contributed by atoms with E-state index in [1.807, 2.05) is 60.3 Å². The third kappa shape index (κ3) is 5.26. The maximum atomic E-state index is 5.74. The van der Waals surface area contributed by atoms with Crippen LogP contribution in [0.1, 0.15) is 12.8 Å². The van der Waals surface area contributed by atoms with E-state index in [1.165, 1.54) is 4.90 Å². The molecule has 0 aliphatic rings. The topological polar surface area (TPSA) is 35.2 Å². The zero-order valence-corrected chi connectivity index (χ0v) is 11.7. The van der Waals surface area contributed by atoms with Crippen LogP contribution in [-0.4, -0.2) is 12.4 Å². The van der Waals surface area contributed by atoms with Gasteiger partial charge in [-0.3, -0.25) is 0 Å². The van der Waals surface area contributed by atoms with Crippen LogP contribution in [0.5, 0.6) is 5.75 Å². The summed E-state index contributed by atoms with van der Waals surface area (Å²) < 4.78 is 5.65. The van der Waals surface area contributed by atoms with Gasteiger partial charge in [0.2, 0.25) is 0 Å². The van der Waals surface area contributed by atoms with Crippen molar-refractivity contribution >= 4 is 17.4 Å². The molecule has 2 aromatic carbocycles. The number of unbranched alkanes of at least 4 members (excludes halogenated alkanes) is 1. The van der Waals surface area contributed by atoms with Crippen molar-refractivity contribution in [2.45, 2.75) is 17.7 Å². The lowest BCUT2D eigenvalue weighted by atomic mass is 10.3. The molecule has 0 aliphatic heterocycles. The van der Waals surface area contributed by atoms with E-state index in [-0.39, 0.29) is 0 Å². The average molecular weight is 273 g/mol. The molecule has 2 aromatic rings. The second-order valence-electron chi connectivity index (χ2n) is 4.29. The number of nitrogen functional groups attached to an aromatic ring is 1. The summed E-state index contributed by atoms with van der Waals surface area (Å²) in [6, 6.07) is 18.0. The smallest absolute Gasteiger partial charge is 0.119 e. The van der Waals surface area contributed by atoms with Crippen LogP contribution in [-0.2, 0) is 0 Å². The molecule has 0 atom stereocenters. The van der Waals surface area contributed by atoms with Gasteiger partial charge < -0.3 is 10.5 Å². The first kappa shape index (κ1) is 13.8. The number of ether oxygens (including phenoxy) is 1. The van der Waals surface area contributed by atoms with Gasteiger partial charge in [0.1, 0.15) is 5.75 Å². The van der Waals surface area contributed by atoms with Crippen LogP contribution in [0.25, 0.3) is 0 Å². The van der Waals surface area contributed by atoms with Gasteiger partial charge in [-0.25, -0.2) is 0 Å². The quantitative estimate of drug-likeness (QED) is 0.466. The van der Waals surface area contributed by atoms with E-state index in [0.717, 1.165) is 36.6 Å². The standard InChI is InChI=1S/C16H19NOS/c17-14-7-6-10-16(13-14)19-12-5-4-11-18-15-8-2-1-3-9-15/h1-3,6-10,13H,4-5,11-12,17H2. The molecule has 2 N–H and O–H groups in total. The summed E-state index contributed by atoms with van der Waals surface area (Å²) in [5.41, 5.74) is 6.57. The highest BCUT2D eigenvalue weighted by Crippen LogP contribution is 2.21. The van der Waals surface area contributed by atoms with Gasteiger partial charge in [0.15, 0.2) is 0 Å². The molecule has 0 fully saturated rings. The van der Waals surface area contributed by atoms with Gasteiger partial charge >= 0.3 is 0 Å². The van der Waals surface area contributed by atoms with Crippen LogP contribution in [0.3, 0.4) is 0 Å². The Labute approximate surface area is 119 Å². The van der Waals surface area contributed by atoms with Gasteiger partial charge in [-0.05, 0) is 48.9 Å². The van der Waals surface area contributed by atoms with Crippen LogP contribution in [0.2, 0.25) is 0 Å². The first-order valence-corrected chi connectivity index (χ1v) is 7.49. The minimum absolute atomic E-state index is 0.779. The molecule has 0 saturated heterocycles. The Hall–Kier alpha value is -1.61. The molecular weight excluding hydrogens is 254 g/mol. The molecule has 0 aromatic heterocycles. The summed E-state index contributed by atoms with van der Waals surface area (Å²) in [6.07, 6.45) is 2.22. The van der Waals surface area contributed by atoms with Crippen molar-refractivity contribution in [3.8, 4) is 5.75 Å². The van der Waals surface area contributed by atoms with Crippen molar-refractivity contribution in [1.29, 1.82) is 0 Å². The van der Waals surface area contributed by atoms with Gasteiger partial charge in [0.05, 0.1) is 6.61 Å². The Morgan fingerprint density at radius 2 is 1.79 bits per heavy atom. The molecule has 0 radical (unpaired) electrons. The van der Waals surface area contributed by atoms with Crippen molar-refractivity contribution in [3.05, 3.63) is 54.6 Å². The average Bonchev–Trinajstić information content (AvgIpc) is 2.44.